The lowest BCUT2D eigenvalue weighted by Crippen LogP contribution is -2.35. The summed E-state index contributed by atoms with van der Waals surface area (Å²) in [4.78, 5) is 5.80. The van der Waals surface area contributed by atoms with Crippen LogP contribution in [0.4, 0.5) is 0 Å². The molecule has 0 aliphatic carbocycles. The van der Waals surface area contributed by atoms with Crippen molar-refractivity contribution in [2.45, 2.75) is 6.54 Å². The van der Waals surface area contributed by atoms with Crippen LogP contribution in [0.3, 0.4) is 0 Å². The molecule has 19 heavy (non-hydrogen) atoms. The summed E-state index contributed by atoms with van der Waals surface area (Å²) in [6.07, 6.45) is 0. The fraction of sp³-hybridized carbons (Fsp3) is 0.462. The lowest BCUT2D eigenvalue weighted by molar-refractivity contribution is 0.290. The Bertz CT molecular complexity index is 628. The predicted molar refractivity (Wildman–Crippen MR) is 88.6 cm³/mol. The van der Waals surface area contributed by atoms with Crippen LogP contribution in [0.25, 0.3) is 11.0 Å². The number of rotatable bonds is 3. The average molecular weight is 358 g/mol. The number of benzene rings is 1. The molecule has 1 saturated heterocycles. The summed E-state index contributed by atoms with van der Waals surface area (Å²) in [5.74, 6) is 2.51. The van der Waals surface area contributed by atoms with Gasteiger partial charge < -0.3 is 9.55 Å². The van der Waals surface area contributed by atoms with E-state index in [0.29, 0.717) is 0 Å². The highest BCUT2D eigenvalue weighted by atomic mass is 79.9. The summed E-state index contributed by atoms with van der Waals surface area (Å²) in [5.41, 5.74) is 2.30. The van der Waals surface area contributed by atoms with E-state index in [1.807, 2.05) is 11.8 Å². The second kappa shape index (κ2) is 5.99. The number of H-pyrrole nitrogens is 1. The van der Waals surface area contributed by atoms with Crippen molar-refractivity contribution in [2.24, 2.45) is 0 Å². The highest BCUT2D eigenvalue weighted by Crippen LogP contribution is 2.19. The Morgan fingerprint density at radius 1 is 1.26 bits per heavy atom. The van der Waals surface area contributed by atoms with Crippen molar-refractivity contribution in [3.63, 3.8) is 0 Å². The first-order valence-corrected chi connectivity index (χ1v) is 8.78. The van der Waals surface area contributed by atoms with Gasteiger partial charge in [0.25, 0.3) is 0 Å². The molecule has 1 aliphatic rings. The molecule has 3 rings (SSSR count). The Labute approximate surface area is 130 Å². The maximum atomic E-state index is 5.43. The van der Waals surface area contributed by atoms with Gasteiger partial charge >= 0.3 is 0 Å². The van der Waals surface area contributed by atoms with E-state index < -0.39 is 0 Å². The number of fused-ring (bicyclic) bond motifs is 1. The second-order valence-corrected chi connectivity index (χ2v) is 7.22. The molecule has 0 spiro atoms. The number of nitrogens with one attached hydrogen (secondary N) is 1. The molecular formula is C13H16BrN3S2. The second-order valence-electron chi connectivity index (χ2n) is 4.70. The number of nitrogens with zero attached hydrogens (tertiary/aromatic N) is 2. The Kier molecular flexibility index (Phi) is 4.31. The molecule has 102 valence electrons. The minimum Gasteiger partial charge on any atom is -0.331 e. The zero-order chi connectivity index (χ0) is 13.2. The van der Waals surface area contributed by atoms with Gasteiger partial charge in [-0.1, -0.05) is 15.9 Å². The molecule has 3 nitrogen and oxygen atoms in total. The quantitative estimate of drug-likeness (QED) is 0.850. The monoisotopic (exact) mass is 357 g/mol. The number of hydrogen-bond acceptors (Lipinski definition) is 3. The highest BCUT2D eigenvalue weighted by Gasteiger charge is 2.11. The first-order chi connectivity index (χ1) is 9.24. The fourth-order valence-corrected chi connectivity index (χ4v) is 4.06. The summed E-state index contributed by atoms with van der Waals surface area (Å²) in [5, 5.41) is 0. The van der Waals surface area contributed by atoms with Crippen LogP contribution in [-0.4, -0.2) is 45.6 Å². The number of halogens is 1. The first kappa shape index (κ1) is 13.7. The van der Waals surface area contributed by atoms with Gasteiger partial charge in [0.2, 0.25) is 0 Å². The number of imidazole rings is 1. The zero-order valence-corrected chi connectivity index (χ0v) is 13.8. The maximum Gasteiger partial charge on any atom is 0.178 e. The van der Waals surface area contributed by atoms with Crippen molar-refractivity contribution in [3.05, 3.63) is 27.4 Å². The smallest absolute Gasteiger partial charge is 0.178 e. The molecule has 6 heteroatoms. The van der Waals surface area contributed by atoms with Gasteiger partial charge in [-0.3, -0.25) is 4.90 Å². The lowest BCUT2D eigenvalue weighted by atomic mass is 10.3. The molecule has 1 aromatic carbocycles. The number of thioether (sulfide) groups is 1. The van der Waals surface area contributed by atoms with E-state index in [-0.39, 0.29) is 0 Å². The topological polar surface area (TPSA) is 24.0 Å². The molecule has 0 unspecified atom stereocenters. The molecule has 0 atom stereocenters. The van der Waals surface area contributed by atoms with Crippen LogP contribution >= 0.6 is 39.9 Å². The van der Waals surface area contributed by atoms with E-state index in [1.54, 1.807) is 0 Å². The Balaban J connectivity index is 1.80. The fourth-order valence-electron chi connectivity index (χ4n) is 2.42. The SMILES string of the molecule is S=c1[nH]c2cc(Br)ccc2n1CCN1CCSCC1. The Morgan fingerprint density at radius 2 is 2.05 bits per heavy atom. The third-order valence-corrected chi connectivity index (χ3v) is 5.24. The van der Waals surface area contributed by atoms with Crippen LogP contribution in [0.15, 0.2) is 22.7 Å². The van der Waals surface area contributed by atoms with Crippen LogP contribution < -0.4 is 0 Å². The van der Waals surface area contributed by atoms with Gasteiger partial charge in [-0.25, -0.2) is 0 Å². The van der Waals surface area contributed by atoms with E-state index >= 15 is 0 Å². The van der Waals surface area contributed by atoms with Crippen LogP contribution in [0.1, 0.15) is 0 Å². The van der Waals surface area contributed by atoms with Gasteiger partial charge in [0.1, 0.15) is 0 Å². The van der Waals surface area contributed by atoms with Gasteiger partial charge in [0, 0.05) is 42.2 Å². The molecule has 1 aliphatic heterocycles. The summed E-state index contributed by atoms with van der Waals surface area (Å²) in [7, 11) is 0. The van der Waals surface area contributed by atoms with Gasteiger partial charge in [-0.15, -0.1) is 0 Å². The minimum absolute atomic E-state index is 0.819. The Morgan fingerprint density at radius 3 is 2.84 bits per heavy atom. The number of aromatic amines is 1. The van der Waals surface area contributed by atoms with E-state index in [9.17, 15) is 0 Å². The van der Waals surface area contributed by atoms with E-state index in [0.717, 1.165) is 27.8 Å². The number of aromatic nitrogens is 2. The molecule has 0 amide bonds. The molecule has 0 bridgehead atoms. The van der Waals surface area contributed by atoms with Crippen molar-refractivity contribution in [1.29, 1.82) is 0 Å². The van der Waals surface area contributed by atoms with Crippen LogP contribution in [0.5, 0.6) is 0 Å². The normalized spacial score (nSPS) is 17.1. The van der Waals surface area contributed by atoms with Gasteiger partial charge in [-0.05, 0) is 30.4 Å². The standard InChI is InChI=1S/C13H16BrN3S2/c14-10-1-2-12-11(9-10)15-13(18)17(12)4-3-16-5-7-19-8-6-16/h1-2,9H,3-8H2,(H,15,18). The molecule has 2 aromatic rings. The summed E-state index contributed by atoms with van der Waals surface area (Å²) in [6, 6.07) is 6.27. The minimum atomic E-state index is 0.819. The maximum absolute atomic E-state index is 5.43. The van der Waals surface area contributed by atoms with Gasteiger partial charge in [0.15, 0.2) is 4.77 Å². The molecule has 0 saturated carbocycles. The first-order valence-electron chi connectivity index (χ1n) is 6.42. The third-order valence-electron chi connectivity index (χ3n) is 3.48. The van der Waals surface area contributed by atoms with Crippen molar-refractivity contribution < 1.29 is 0 Å². The molecule has 2 heterocycles. The summed E-state index contributed by atoms with van der Waals surface area (Å²) in [6.45, 7) is 4.45. The largest absolute Gasteiger partial charge is 0.331 e. The van der Waals surface area contributed by atoms with Crippen molar-refractivity contribution in [3.8, 4) is 0 Å². The average Bonchev–Trinajstić information content (AvgIpc) is 2.72. The van der Waals surface area contributed by atoms with Crippen LogP contribution in [-0.2, 0) is 6.54 Å². The van der Waals surface area contributed by atoms with E-state index in [4.69, 9.17) is 12.2 Å². The van der Waals surface area contributed by atoms with E-state index in [1.165, 1.54) is 30.1 Å². The molecule has 1 N–H and O–H groups in total. The van der Waals surface area contributed by atoms with Crippen LogP contribution in [0.2, 0.25) is 0 Å². The van der Waals surface area contributed by atoms with Crippen molar-refractivity contribution in [2.75, 3.05) is 31.1 Å². The summed E-state index contributed by atoms with van der Waals surface area (Å²) < 4.78 is 4.11. The zero-order valence-electron chi connectivity index (χ0n) is 10.6. The molecule has 0 radical (unpaired) electrons. The van der Waals surface area contributed by atoms with Gasteiger partial charge in [0.05, 0.1) is 11.0 Å². The number of hydrogen-bond donors (Lipinski definition) is 1. The Hall–Kier alpha value is -0.300. The lowest BCUT2D eigenvalue weighted by Gasteiger charge is -2.26. The summed E-state index contributed by atoms with van der Waals surface area (Å²) >= 11 is 11.0. The third kappa shape index (κ3) is 3.07. The molecule has 1 aromatic heterocycles. The van der Waals surface area contributed by atoms with Gasteiger partial charge in [-0.2, -0.15) is 11.8 Å². The van der Waals surface area contributed by atoms with E-state index in [2.05, 4.69) is 48.6 Å². The molecular weight excluding hydrogens is 342 g/mol. The highest BCUT2D eigenvalue weighted by molar-refractivity contribution is 9.10. The van der Waals surface area contributed by atoms with Crippen molar-refractivity contribution in [1.82, 2.24) is 14.5 Å². The molecule has 1 fully saturated rings. The van der Waals surface area contributed by atoms with Crippen molar-refractivity contribution >= 4 is 50.9 Å². The van der Waals surface area contributed by atoms with Crippen LogP contribution in [0, 0.1) is 4.77 Å². The predicted octanol–water partition coefficient (Wildman–Crippen LogP) is 3.51.